The van der Waals surface area contributed by atoms with E-state index in [-0.39, 0.29) is 18.5 Å². The van der Waals surface area contributed by atoms with Gasteiger partial charge in [-0.1, -0.05) is 42.5 Å². The Morgan fingerprint density at radius 2 is 1.60 bits per heavy atom. The quantitative estimate of drug-likeness (QED) is 0.563. The molecule has 0 aliphatic carbocycles. The molecule has 2 N–H and O–H groups in total. The number of nitrogens with one attached hydrogen (secondary N) is 2. The van der Waals surface area contributed by atoms with Gasteiger partial charge in [0.1, 0.15) is 0 Å². The zero-order valence-electron chi connectivity index (χ0n) is 17.8. The fourth-order valence-corrected chi connectivity index (χ4v) is 3.48. The smallest absolute Gasteiger partial charge is 0.234 e. The third kappa shape index (κ3) is 4.83. The van der Waals surface area contributed by atoms with Gasteiger partial charge < -0.3 is 24.8 Å². The van der Waals surface area contributed by atoms with Crippen molar-refractivity contribution in [1.82, 2.24) is 10.6 Å². The summed E-state index contributed by atoms with van der Waals surface area (Å²) in [4.78, 5) is 12.4. The molecule has 30 heavy (non-hydrogen) atoms. The van der Waals surface area contributed by atoms with Crippen LogP contribution in [0.1, 0.15) is 24.1 Å². The Hall–Kier alpha value is -3.25. The molecule has 0 heterocycles. The third-order valence-electron chi connectivity index (χ3n) is 5.07. The van der Waals surface area contributed by atoms with Crippen LogP contribution in [-0.2, 0) is 11.3 Å². The lowest BCUT2D eigenvalue weighted by atomic mass is 10.00. The second-order valence-electron chi connectivity index (χ2n) is 6.98. The fraction of sp³-hybridized carbons (Fsp3) is 0.292. The maximum absolute atomic E-state index is 12.4. The Labute approximate surface area is 177 Å². The minimum Gasteiger partial charge on any atom is -0.493 e. The van der Waals surface area contributed by atoms with Crippen molar-refractivity contribution in [3.8, 4) is 17.2 Å². The Balaban J connectivity index is 1.60. The summed E-state index contributed by atoms with van der Waals surface area (Å²) >= 11 is 0. The standard InChI is InChI=1S/C24H28N2O4/c1-16(19-11-7-9-18-8-5-6-10-20(18)19)25-15-23(27)26-14-17-12-21(28-2)24(30-4)22(13-17)29-3/h5-13,16,25H,14-15H2,1-4H3,(H,26,27)/t16-/m0/s1. The van der Waals surface area contributed by atoms with Gasteiger partial charge in [-0.15, -0.1) is 0 Å². The van der Waals surface area contributed by atoms with Crippen LogP contribution in [0.2, 0.25) is 0 Å². The van der Waals surface area contributed by atoms with Crippen LogP contribution in [0.15, 0.2) is 54.6 Å². The average molecular weight is 408 g/mol. The maximum Gasteiger partial charge on any atom is 0.234 e. The van der Waals surface area contributed by atoms with Crippen LogP contribution in [0.3, 0.4) is 0 Å². The number of fused-ring (bicyclic) bond motifs is 1. The van der Waals surface area contributed by atoms with Gasteiger partial charge in [0.05, 0.1) is 27.9 Å². The van der Waals surface area contributed by atoms with Gasteiger partial charge in [0.25, 0.3) is 0 Å². The molecule has 0 bridgehead atoms. The van der Waals surface area contributed by atoms with E-state index in [0.717, 1.165) is 5.56 Å². The summed E-state index contributed by atoms with van der Waals surface area (Å²) in [6, 6.07) is 18.2. The number of hydrogen-bond donors (Lipinski definition) is 2. The second-order valence-corrected chi connectivity index (χ2v) is 6.98. The summed E-state index contributed by atoms with van der Waals surface area (Å²) in [7, 11) is 4.70. The molecule has 158 valence electrons. The van der Waals surface area contributed by atoms with Gasteiger partial charge in [0, 0.05) is 12.6 Å². The number of carbonyl (C=O) groups is 1. The van der Waals surface area contributed by atoms with Crippen LogP contribution in [0, 0.1) is 0 Å². The molecule has 6 heteroatoms. The van der Waals surface area contributed by atoms with Gasteiger partial charge in [0.2, 0.25) is 11.7 Å². The number of amides is 1. The molecule has 3 rings (SSSR count). The lowest BCUT2D eigenvalue weighted by molar-refractivity contribution is -0.120. The molecular weight excluding hydrogens is 380 g/mol. The number of rotatable bonds is 9. The highest BCUT2D eigenvalue weighted by atomic mass is 16.5. The molecular formula is C24H28N2O4. The molecule has 0 saturated heterocycles. The predicted molar refractivity (Wildman–Crippen MR) is 118 cm³/mol. The van der Waals surface area contributed by atoms with Crippen molar-refractivity contribution in [2.24, 2.45) is 0 Å². The first-order valence-electron chi connectivity index (χ1n) is 9.84. The second kappa shape index (κ2) is 9.98. The summed E-state index contributed by atoms with van der Waals surface area (Å²) in [5.41, 5.74) is 2.03. The van der Waals surface area contributed by atoms with Gasteiger partial charge in [-0.3, -0.25) is 4.79 Å². The van der Waals surface area contributed by atoms with E-state index in [1.165, 1.54) is 16.3 Å². The number of methoxy groups -OCH3 is 3. The average Bonchev–Trinajstić information content (AvgIpc) is 2.79. The minimum atomic E-state index is -0.0872. The van der Waals surface area contributed by atoms with E-state index >= 15 is 0 Å². The van der Waals surface area contributed by atoms with Gasteiger partial charge in [-0.25, -0.2) is 0 Å². The van der Waals surface area contributed by atoms with Crippen LogP contribution in [0.25, 0.3) is 10.8 Å². The molecule has 6 nitrogen and oxygen atoms in total. The number of hydrogen-bond acceptors (Lipinski definition) is 5. The zero-order valence-corrected chi connectivity index (χ0v) is 17.8. The molecule has 3 aromatic rings. The Kier molecular flexibility index (Phi) is 7.14. The van der Waals surface area contributed by atoms with Crippen molar-refractivity contribution in [3.63, 3.8) is 0 Å². The summed E-state index contributed by atoms with van der Waals surface area (Å²) in [5.74, 6) is 1.56. The Bertz CT molecular complexity index is 989. The first-order chi connectivity index (χ1) is 14.6. The number of carbonyl (C=O) groups excluding carboxylic acids is 1. The molecule has 0 saturated carbocycles. The van der Waals surface area contributed by atoms with Crippen LogP contribution < -0.4 is 24.8 Å². The lowest BCUT2D eigenvalue weighted by Crippen LogP contribution is -2.34. The summed E-state index contributed by atoms with van der Waals surface area (Å²) in [5, 5.41) is 8.62. The number of benzene rings is 3. The van der Waals surface area contributed by atoms with Crippen LogP contribution in [0.5, 0.6) is 17.2 Å². The van der Waals surface area contributed by atoms with E-state index in [0.29, 0.717) is 23.8 Å². The van der Waals surface area contributed by atoms with Gasteiger partial charge in [-0.05, 0) is 41.0 Å². The van der Waals surface area contributed by atoms with Crippen molar-refractivity contribution in [1.29, 1.82) is 0 Å². The Morgan fingerprint density at radius 3 is 2.27 bits per heavy atom. The van der Waals surface area contributed by atoms with Crippen LogP contribution in [0.4, 0.5) is 0 Å². The van der Waals surface area contributed by atoms with Gasteiger partial charge in [0.15, 0.2) is 11.5 Å². The van der Waals surface area contributed by atoms with Crippen LogP contribution in [-0.4, -0.2) is 33.8 Å². The largest absolute Gasteiger partial charge is 0.493 e. The summed E-state index contributed by atoms with van der Waals surface area (Å²) < 4.78 is 16.0. The highest BCUT2D eigenvalue weighted by Gasteiger charge is 2.14. The third-order valence-corrected chi connectivity index (χ3v) is 5.07. The molecule has 0 unspecified atom stereocenters. The first-order valence-corrected chi connectivity index (χ1v) is 9.84. The van der Waals surface area contributed by atoms with Gasteiger partial charge >= 0.3 is 0 Å². The molecule has 0 aromatic heterocycles. The molecule has 0 aliphatic rings. The van der Waals surface area contributed by atoms with Crippen molar-refractivity contribution in [2.75, 3.05) is 27.9 Å². The molecule has 1 atom stereocenters. The van der Waals surface area contributed by atoms with E-state index in [9.17, 15) is 4.79 Å². The molecule has 0 aliphatic heterocycles. The highest BCUT2D eigenvalue weighted by Crippen LogP contribution is 2.38. The summed E-state index contributed by atoms with van der Waals surface area (Å²) in [6.07, 6.45) is 0. The Morgan fingerprint density at radius 1 is 0.933 bits per heavy atom. The normalized spacial score (nSPS) is 11.7. The molecule has 0 spiro atoms. The maximum atomic E-state index is 12.4. The summed E-state index contributed by atoms with van der Waals surface area (Å²) in [6.45, 7) is 2.64. The molecule has 0 fully saturated rings. The van der Waals surface area contributed by atoms with Crippen molar-refractivity contribution in [3.05, 3.63) is 65.7 Å². The fourth-order valence-electron chi connectivity index (χ4n) is 3.48. The monoisotopic (exact) mass is 408 g/mol. The van der Waals surface area contributed by atoms with Crippen LogP contribution >= 0.6 is 0 Å². The van der Waals surface area contributed by atoms with E-state index in [4.69, 9.17) is 14.2 Å². The zero-order chi connectivity index (χ0) is 21.5. The van der Waals surface area contributed by atoms with Crippen molar-refractivity contribution in [2.45, 2.75) is 19.5 Å². The highest BCUT2D eigenvalue weighted by molar-refractivity contribution is 5.86. The molecule has 3 aromatic carbocycles. The lowest BCUT2D eigenvalue weighted by Gasteiger charge is -2.17. The van der Waals surface area contributed by atoms with E-state index < -0.39 is 0 Å². The SMILES string of the molecule is COc1cc(CNC(=O)CN[C@@H](C)c2cccc3ccccc23)cc(OC)c1OC. The van der Waals surface area contributed by atoms with E-state index in [1.807, 2.05) is 30.3 Å². The first kappa shape index (κ1) is 21.5. The minimum absolute atomic E-state index is 0.0445. The number of ether oxygens (including phenoxy) is 3. The van der Waals surface area contributed by atoms with E-state index in [1.54, 1.807) is 21.3 Å². The topological polar surface area (TPSA) is 68.8 Å². The molecule has 0 radical (unpaired) electrons. The van der Waals surface area contributed by atoms with Crippen molar-refractivity contribution >= 4 is 16.7 Å². The predicted octanol–water partition coefficient (Wildman–Crippen LogP) is 3.83. The van der Waals surface area contributed by atoms with Gasteiger partial charge in [-0.2, -0.15) is 0 Å². The van der Waals surface area contributed by atoms with Crippen molar-refractivity contribution < 1.29 is 19.0 Å². The molecule has 1 amide bonds. The van der Waals surface area contributed by atoms with E-state index in [2.05, 4.69) is 41.8 Å².